The van der Waals surface area contributed by atoms with Gasteiger partial charge in [0.15, 0.2) is 0 Å². The van der Waals surface area contributed by atoms with E-state index < -0.39 is 0 Å². The van der Waals surface area contributed by atoms with E-state index in [-0.39, 0.29) is 13.4 Å². The van der Waals surface area contributed by atoms with Crippen molar-refractivity contribution in [2.45, 2.75) is 19.6 Å². The van der Waals surface area contributed by atoms with E-state index in [1.54, 1.807) is 0 Å². The van der Waals surface area contributed by atoms with Gasteiger partial charge in [0, 0.05) is 108 Å². The Balaban J connectivity index is 0.944. The topological polar surface area (TPSA) is 13.0 Å². The number of para-hydroxylation sites is 6. The fourth-order valence-electron chi connectivity index (χ4n) is 14.2. The molecule has 0 saturated carbocycles. The lowest BCUT2D eigenvalue weighted by Crippen LogP contribution is -2.64. The Bertz CT molecular complexity index is 4950. The molecule has 0 amide bonds. The van der Waals surface area contributed by atoms with Gasteiger partial charge in [-0.2, -0.15) is 0 Å². The minimum Gasteiger partial charge on any atom is -0.311 e. The quantitative estimate of drug-likeness (QED) is 0.133. The number of benzene rings is 13. The predicted octanol–water partition coefficient (Wildman–Crippen LogP) is 18.2. The van der Waals surface area contributed by atoms with Gasteiger partial charge in [0.25, 0.3) is 0 Å². The first kappa shape index (κ1) is 50.4. The summed E-state index contributed by atoms with van der Waals surface area (Å²) in [6.45, 7) is -0.125. The summed E-state index contributed by atoms with van der Waals surface area (Å²) in [6.07, 6.45) is 0. The second-order valence-electron chi connectivity index (χ2n) is 22.7. The van der Waals surface area contributed by atoms with Gasteiger partial charge >= 0.3 is 0 Å². The molecule has 18 rings (SSSR count). The van der Waals surface area contributed by atoms with E-state index >= 15 is 0 Å². The molecule has 9 heteroatoms. The molecular formula is C78H50B2N4S3. The van der Waals surface area contributed by atoms with Crippen molar-refractivity contribution < 1.29 is 0 Å². The lowest BCUT2D eigenvalue weighted by molar-refractivity contribution is 1.22. The maximum atomic E-state index is 2.68. The fraction of sp³-hybridized carbons (Fsp3) is 0. The highest BCUT2D eigenvalue weighted by Crippen LogP contribution is 2.53. The maximum Gasteiger partial charge on any atom is 0.249 e. The number of anilines is 12. The van der Waals surface area contributed by atoms with Crippen molar-refractivity contribution >= 4 is 169 Å². The molecule has 0 bridgehead atoms. The number of hydrogen-bond acceptors (Lipinski definition) is 7. The smallest absolute Gasteiger partial charge is 0.249 e. The normalized spacial score (nSPS) is 13.1. The number of thiophene rings is 1. The van der Waals surface area contributed by atoms with Crippen LogP contribution in [0.5, 0.6) is 0 Å². The molecule has 4 aliphatic rings. The van der Waals surface area contributed by atoms with Crippen LogP contribution in [0.1, 0.15) is 0 Å². The van der Waals surface area contributed by atoms with E-state index in [0.717, 1.165) is 45.5 Å². The highest BCUT2D eigenvalue weighted by Gasteiger charge is 2.47. The predicted molar refractivity (Wildman–Crippen MR) is 374 cm³/mol. The van der Waals surface area contributed by atoms with E-state index in [9.17, 15) is 0 Å². The summed E-state index contributed by atoms with van der Waals surface area (Å²) in [7, 11) is 0. The van der Waals surface area contributed by atoms with Crippen LogP contribution in [0, 0.1) is 0 Å². The van der Waals surface area contributed by atoms with Gasteiger partial charge in [-0.1, -0.05) is 216 Å². The summed E-state index contributed by atoms with van der Waals surface area (Å²) >= 11 is 5.72. The van der Waals surface area contributed by atoms with Crippen molar-refractivity contribution in [2.24, 2.45) is 0 Å². The van der Waals surface area contributed by atoms with Crippen LogP contribution in [0.25, 0.3) is 31.3 Å². The Labute approximate surface area is 519 Å². The second-order valence-corrected chi connectivity index (χ2v) is 26.0. The molecular weight excluding hydrogens is 1110 g/mol. The van der Waals surface area contributed by atoms with Gasteiger partial charge in [-0.3, -0.25) is 0 Å². The van der Waals surface area contributed by atoms with Crippen molar-refractivity contribution in [1.82, 2.24) is 0 Å². The van der Waals surface area contributed by atoms with Gasteiger partial charge in [-0.05, 0) is 149 Å². The molecule has 406 valence electrons. The van der Waals surface area contributed by atoms with Crippen LogP contribution < -0.4 is 52.4 Å². The highest BCUT2D eigenvalue weighted by molar-refractivity contribution is 8.00. The zero-order chi connectivity index (χ0) is 57.1. The molecule has 87 heavy (non-hydrogen) atoms. The minimum atomic E-state index is -0.0635. The average Bonchev–Trinajstić information content (AvgIpc) is 1.03. The molecule has 0 N–H and O–H groups in total. The summed E-state index contributed by atoms with van der Waals surface area (Å²) < 4.78 is 2.55. The van der Waals surface area contributed by atoms with Gasteiger partial charge in [0.1, 0.15) is 0 Å². The molecule has 0 unspecified atom stereocenters. The molecule has 13 aromatic carbocycles. The Morgan fingerprint density at radius 1 is 0.276 bits per heavy atom. The fourth-order valence-corrected chi connectivity index (χ4v) is 17.8. The SMILES string of the molecule is c1ccc(-c2cc3c(cc2N2c4cc5c(cc4B4c6ccccc6Sc6cc(N(c7ccccc7)c7ccccc7)cc2c64)B2c4ccccc4N(c4ccccc4)c4cc(N(c6ccccc6)c6ccccc6)cc(c42)S5)sc2ccccc23)cc1. The van der Waals surface area contributed by atoms with Gasteiger partial charge in [-0.25, -0.2) is 0 Å². The van der Waals surface area contributed by atoms with Gasteiger partial charge in [0.2, 0.25) is 13.4 Å². The highest BCUT2D eigenvalue weighted by atomic mass is 32.2. The monoisotopic (exact) mass is 1160 g/mol. The molecule has 0 aliphatic carbocycles. The van der Waals surface area contributed by atoms with E-state index in [2.05, 4.69) is 323 Å². The first-order valence-corrected chi connectivity index (χ1v) is 32.2. The lowest BCUT2D eigenvalue weighted by Gasteiger charge is -2.44. The van der Waals surface area contributed by atoms with Crippen molar-refractivity contribution in [3.8, 4) is 11.1 Å². The number of hydrogen-bond donors (Lipinski definition) is 0. The van der Waals surface area contributed by atoms with Crippen LogP contribution in [-0.4, -0.2) is 13.4 Å². The van der Waals surface area contributed by atoms with E-state index in [1.807, 2.05) is 34.9 Å². The standard InChI is InChI=1S/C78H50B2N4S3/c1-7-25-51(26-8-1)60-47-61-59-37-19-23-41-71(59)85-73(61)49-67(60)84-68-50-74-65(48-64(68)80-63-39-21-24-42-72(63)86-75-45-58(44-70(84)78(75)80)82(54-31-13-4-14-32-54)55-33-15-5-16-34-55)79-62-38-20-22-40-66(62)83(56-35-17-6-18-36-56)69-43-57(46-76(87-74)77(69)79)81(52-27-9-2-10-28-52)53-29-11-3-12-30-53/h1-50H. The van der Waals surface area contributed by atoms with Crippen molar-refractivity contribution in [3.63, 3.8) is 0 Å². The summed E-state index contributed by atoms with van der Waals surface area (Å²) in [5.74, 6) is 0. The van der Waals surface area contributed by atoms with Crippen LogP contribution in [0.3, 0.4) is 0 Å². The molecule has 0 fully saturated rings. The van der Waals surface area contributed by atoms with E-state index in [4.69, 9.17) is 0 Å². The largest absolute Gasteiger partial charge is 0.311 e. The zero-order valence-corrected chi connectivity index (χ0v) is 49.5. The van der Waals surface area contributed by atoms with Crippen molar-refractivity contribution in [1.29, 1.82) is 0 Å². The number of fused-ring (bicyclic) bond motifs is 11. The molecule has 0 atom stereocenters. The summed E-state index contributed by atoms with van der Waals surface area (Å²) in [6, 6.07) is 113. The molecule has 0 saturated heterocycles. The number of rotatable bonds is 9. The van der Waals surface area contributed by atoms with Gasteiger partial charge < -0.3 is 19.6 Å². The first-order valence-electron chi connectivity index (χ1n) is 29.7. The molecule has 0 radical (unpaired) electrons. The first-order chi connectivity index (χ1) is 43.2. The summed E-state index contributed by atoms with van der Waals surface area (Å²) in [4.78, 5) is 15.1. The lowest BCUT2D eigenvalue weighted by atomic mass is 9.31. The van der Waals surface area contributed by atoms with E-state index in [1.165, 1.54) is 106 Å². The van der Waals surface area contributed by atoms with Crippen LogP contribution in [0.4, 0.5) is 68.2 Å². The molecule has 14 aromatic rings. The minimum absolute atomic E-state index is 0.0614. The Morgan fingerprint density at radius 2 is 0.770 bits per heavy atom. The van der Waals surface area contributed by atoms with E-state index in [0.29, 0.717) is 0 Å². The summed E-state index contributed by atoms with van der Waals surface area (Å²) in [5.41, 5.74) is 24.0. The Morgan fingerprint density at radius 3 is 1.39 bits per heavy atom. The molecule has 1 aromatic heterocycles. The van der Waals surface area contributed by atoms with Crippen molar-refractivity contribution in [2.75, 3.05) is 19.6 Å². The van der Waals surface area contributed by atoms with Crippen LogP contribution in [0.2, 0.25) is 0 Å². The third-order valence-corrected chi connectivity index (χ3v) is 21.3. The van der Waals surface area contributed by atoms with Gasteiger partial charge in [-0.15, -0.1) is 11.3 Å². The van der Waals surface area contributed by atoms with Crippen LogP contribution in [-0.2, 0) is 0 Å². The molecule has 4 nitrogen and oxygen atoms in total. The van der Waals surface area contributed by atoms with Crippen LogP contribution in [0.15, 0.2) is 323 Å². The maximum absolute atomic E-state index is 2.68. The molecule has 4 aliphatic heterocycles. The Kier molecular flexibility index (Phi) is 11.8. The third kappa shape index (κ3) is 8.10. The summed E-state index contributed by atoms with van der Waals surface area (Å²) in [5, 5.41) is 2.56. The second kappa shape index (κ2) is 20.4. The van der Waals surface area contributed by atoms with Gasteiger partial charge in [0.05, 0.1) is 5.69 Å². The Hall–Kier alpha value is -9.89. The average molecular weight is 1160 g/mol. The van der Waals surface area contributed by atoms with Crippen molar-refractivity contribution in [3.05, 3.63) is 303 Å². The molecule has 0 spiro atoms. The molecule has 5 heterocycles. The van der Waals surface area contributed by atoms with Crippen LogP contribution >= 0.6 is 34.9 Å². The zero-order valence-electron chi connectivity index (χ0n) is 47.0. The third-order valence-electron chi connectivity index (χ3n) is 17.9. The number of nitrogens with zero attached hydrogens (tertiary/aromatic N) is 4.